The highest BCUT2D eigenvalue weighted by atomic mass is 16.1. The molecule has 2 heteroatoms. The molecule has 0 aromatic heterocycles. The molecule has 0 aliphatic heterocycles. The van der Waals surface area contributed by atoms with Crippen LogP contribution in [0.5, 0.6) is 0 Å². The Bertz CT molecular complexity index is 356. The van der Waals surface area contributed by atoms with E-state index in [9.17, 15) is 4.79 Å². The fraction of sp³-hybridized carbons (Fsp3) is 0.562. The van der Waals surface area contributed by atoms with Crippen LogP contribution in [0.1, 0.15) is 63.2 Å². The summed E-state index contributed by atoms with van der Waals surface area (Å²) in [4.78, 5) is 11.2. The summed E-state index contributed by atoms with van der Waals surface area (Å²) in [6.45, 7) is 6.04. The van der Waals surface area contributed by atoms with Crippen molar-refractivity contribution in [2.24, 2.45) is 0 Å². The molecule has 0 heterocycles. The minimum Gasteiger partial charge on any atom is -0.383 e. The molecular formula is C16H25NO. The Hall–Kier alpha value is -1.31. The molecule has 0 saturated carbocycles. The molecule has 1 rings (SSSR count). The minimum absolute atomic E-state index is 0.120. The normalized spacial score (nSPS) is 12.2. The van der Waals surface area contributed by atoms with E-state index < -0.39 is 0 Å². The number of benzene rings is 1. The zero-order chi connectivity index (χ0) is 13.4. The van der Waals surface area contributed by atoms with E-state index in [2.05, 4.69) is 19.2 Å². The van der Waals surface area contributed by atoms with Gasteiger partial charge >= 0.3 is 0 Å². The molecule has 1 atom stereocenters. The van der Waals surface area contributed by atoms with Gasteiger partial charge in [0.2, 0.25) is 0 Å². The largest absolute Gasteiger partial charge is 0.383 e. The van der Waals surface area contributed by atoms with Gasteiger partial charge in [0, 0.05) is 17.3 Å². The summed E-state index contributed by atoms with van der Waals surface area (Å²) in [5.41, 5.74) is 1.87. The van der Waals surface area contributed by atoms with Crippen LogP contribution in [0.15, 0.2) is 24.3 Å². The van der Waals surface area contributed by atoms with E-state index >= 15 is 0 Å². The molecule has 1 aromatic carbocycles. The number of carbonyl (C=O) groups excluding carboxylic acids is 1. The first-order valence-corrected chi connectivity index (χ1v) is 7.01. The van der Waals surface area contributed by atoms with E-state index in [1.807, 2.05) is 24.3 Å². The first kappa shape index (κ1) is 14.7. The maximum absolute atomic E-state index is 11.2. The second-order valence-corrected chi connectivity index (χ2v) is 5.03. The van der Waals surface area contributed by atoms with Crippen molar-refractivity contribution in [2.45, 2.75) is 58.9 Å². The Morgan fingerprint density at radius 2 is 1.83 bits per heavy atom. The molecule has 0 spiro atoms. The number of hydrogen-bond donors (Lipinski definition) is 1. The fourth-order valence-corrected chi connectivity index (χ4v) is 2.04. The molecule has 0 radical (unpaired) electrons. The third-order valence-corrected chi connectivity index (χ3v) is 3.20. The molecule has 0 saturated heterocycles. The molecule has 1 aromatic rings. The maximum atomic E-state index is 11.2. The average Bonchev–Trinajstić information content (AvgIpc) is 2.35. The van der Waals surface area contributed by atoms with Crippen LogP contribution in [0.25, 0.3) is 0 Å². The van der Waals surface area contributed by atoms with Crippen LogP contribution in [0.4, 0.5) is 5.69 Å². The van der Waals surface area contributed by atoms with Crippen molar-refractivity contribution in [1.82, 2.24) is 0 Å². The number of anilines is 1. The van der Waals surface area contributed by atoms with Crippen LogP contribution in [0, 0.1) is 0 Å². The molecular weight excluding hydrogens is 222 g/mol. The van der Waals surface area contributed by atoms with Crippen LogP contribution in [0.2, 0.25) is 0 Å². The number of carbonyl (C=O) groups is 1. The van der Waals surface area contributed by atoms with E-state index in [0.29, 0.717) is 6.04 Å². The second kappa shape index (κ2) is 7.91. The first-order chi connectivity index (χ1) is 8.63. The van der Waals surface area contributed by atoms with Gasteiger partial charge in [-0.25, -0.2) is 0 Å². The lowest BCUT2D eigenvalue weighted by Gasteiger charge is -2.15. The monoisotopic (exact) mass is 247 g/mol. The van der Waals surface area contributed by atoms with Gasteiger partial charge in [-0.05, 0) is 44.5 Å². The number of ketones is 1. The zero-order valence-electron chi connectivity index (χ0n) is 11.8. The molecule has 2 nitrogen and oxygen atoms in total. The van der Waals surface area contributed by atoms with Gasteiger partial charge in [-0.3, -0.25) is 4.79 Å². The summed E-state index contributed by atoms with van der Waals surface area (Å²) in [5.74, 6) is 0.120. The maximum Gasteiger partial charge on any atom is 0.159 e. The Kier molecular flexibility index (Phi) is 6.48. The van der Waals surface area contributed by atoms with Gasteiger partial charge in [0.25, 0.3) is 0 Å². The third-order valence-electron chi connectivity index (χ3n) is 3.20. The van der Waals surface area contributed by atoms with Crippen molar-refractivity contribution in [1.29, 1.82) is 0 Å². The average molecular weight is 247 g/mol. The zero-order valence-corrected chi connectivity index (χ0v) is 11.8. The smallest absolute Gasteiger partial charge is 0.159 e. The van der Waals surface area contributed by atoms with Gasteiger partial charge < -0.3 is 5.32 Å². The predicted octanol–water partition coefficient (Wildman–Crippen LogP) is 4.66. The third kappa shape index (κ3) is 5.35. The summed E-state index contributed by atoms with van der Waals surface area (Å²) < 4.78 is 0. The highest BCUT2D eigenvalue weighted by Gasteiger charge is 2.03. The Morgan fingerprint density at radius 1 is 1.17 bits per heavy atom. The van der Waals surface area contributed by atoms with Gasteiger partial charge in [0.05, 0.1) is 0 Å². The summed E-state index contributed by atoms with van der Waals surface area (Å²) in [6, 6.07) is 8.23. The highest BCUT2D eigenvalue weighted by Crippen LogP contribution is 2.14. The van der Waals surface area contributed by atoms with Gasteiger partial charge in [-0.15, -0.1) is 0 Å². The van der Waals surface area contributed by atoms with Crippen LogP contribution in [-0.4, -0.2) is 11.8 Å². The molecule has 0 aliphatic carbocycles. The van der Waals surface area contributed by atoms with Crippen LogP contribution in [-0.2, 0) is 0 Å². The molecule has 18 heavy (non-hydrogen) atoms. The van der Waals surface area contributed by atoms with Crippen molar-refractivity contribution in [2.75, 3.05) is 5.32 Å². The number of nitrogens with one attached hydrogen (secondary N) is 1. The van der Waals surface area contributed by atoms with Crippen LogP contribution >= 0.6 is 0 Å². The lowest BCUT2D eigenvalue weighted by Crippen LogP contribution is -2.14. The summed E-state index contributed by atoms with van der Waals surface area (Å²) >= 11 is 0. The van der Waals surface area contributed by atoms with Gasteiger partial charge in [-0.1, -0.05) is 32.6 Å². The van der Waals surface area contributed by atoms with Crippen molar-refractivity contribution in [3.05, 3.63) is 29.8 Å². The number of hydrogen-bond acceptors (Lipinski definition) is 2. The van der Waals surface area contributed by atoms with Gasteiger partial charge in [0.1, 0.15) is 0 Å². The molecule has 100 valence electrons. The Morgan fingerprint density at radius 3 is 2.39 bits per heavy atom. The van der Waals surface area contributed by atoms with Gasteiger partial charge in [0.15, 0.2) is 5.78 Å². The molecule has 1 N–H and O–H groups in total. The van der Waals surface area contributed by atoms with Crippen LogP contribution < -0.4 is 5.32 Å². The summed E-state index contributed by atoms with van der Waals surface area (Å²) in [6.07, 6.45) is 6.43. The van der Waals surface area contributed by atoms with Crippen molar-refractivity contribution in [3.8, 4) is 0 Å². The Labute approximate surface area is 111 Å². The van der Waals surface area contributed by atoms with Crippen molar-refractivity contribution < 1.29 is 4.79 Å². The van der Waals surface area contributed by atoms with Crippen molar-refractivity contribution >= 4 is 11.5 Å². The molecule has 0 aliphatic rings. The standard InChI is InChI=1S/C16H25NO/c1-4-5-6-7-8-13(2)17-16-11-9-15(10-12-16)14(3)18/h9-13,17H,4-8H2,1-3H3. The van der Waals surface area contributed by atoms with E-state index in [4.69, 9.17) is 0 Å². The van der Waals surface area contributed by atoms with E-state index in [0.717, 1.165) is 11.3 Å². The van der Waals surface area contributed by atoms with E-state index in [1.54, 1.807) is 6.92 Å². The molecule has 0 fully saturated rings. The SMILES string of the molecule is CCCCCCC(C)Nc1ccc(C(C)=O)cc1. The Balaban J connectivity index is 2.35. The fourth-order valence-electron chi connectivity index (χ4n) is 2.04. The number of unbranched alkanes of at least 4 members (excludes halogenated alkanes) is 3. The number of rotatable bonds is 8. The van der Waals surface area contributed by atoms with Gasteiger partial charge in [-0.2, -0.15) is 0 Å². The molecule has 1 unspecified atom stereocenters. The predicted molar refractivity (Wildman–Crippen MR) is 78.3 cm³/mol. The highest BCUT2D eigenvalue weighted by molar-refractivity contribution is 5.94. The lowest BCUT2D eigenvalue weighted by atomic mass is 10.1. The minimum atomic E-state index is 0.120. The summed E-state index contributed by atoms with van der Waals surface area (Å²) in [5, 5.41) is 3.47. The van der Waals surface area contributed by atoms with E-state index in [-0.39, 0.29) is 5.78 Å². The first-order valence-electron chi connectivity index (χ1n) is 7.01. The van der Waals surface area contributed by atoms with Crippen molar-refractivity contribution in [3.63, 3.8) is 0 Å². The quantitative estimate of drug-likeness (QED) is 0.534. The summed E-state index contributed by atoms with van der Waals surface area (Å²) in [7, 11) is 0. The van der Waals surface area contributed by atoms with Crippen LogP contribution in [0.3, 0.4) is 0 Å². The lowest BCUT2D eigenvalue weighted by molar-refractivity contribution is 0.101. The number of Topliss-reactive ketones (excluding diaryl/α,β-unsaturated/α-hetero) is 1. The van der Waals surface area contributed by atoms with E-state index in [1.165, 1.54) is 32.1 Å². The molecule has 0 bridgehead atoms. The second-order valence-electron chi connectivity index (χ2n) is 5.03. The molecule has 0 amide bonds. The topological polar surface area (TPSA) is 29.1 Å².